The molecule has 0 bridgehead atoms. The number of nitriles is 1. The SMILES string of the molecule is Cc1ccc(S(=O)(=O)CCC(=O)Nc2sc3c(c2C#N)CCN(Cc2ccccc2)C3)cc1.Cl. The zero-order chi connectivity index (χ0) is 23.4. The van der Waals surface area contributed by atoms with Crippen molar-refractivity contribution < 1.29 is 13.2 Å². The number of benzene rings is 2. The number of hydrogen-bond donors (Lipinski definition) is 1. The summed E-state index contributed by atoms with van der Waals surface area (Å²) in [5.41, 5.74) is 3.71. The maximum Gasteiger partial charge on any atom is 0.226 e. The fourth-order valence-electron chi connectivity index (χ4n) is 3.92. The number of rotatable bonds is 7. The summed E-state index contributed by atoms with van der Waals surface area (Å²) >= 11 is 1.41. The van der Waals surface area contributed by atoms with Gasteiger partial charge in [0.15, 0.2) is 9.84 Å². The lowest BCUT2D eigenvalue weighted by Gasteiger charge is -2.26. The van der Waals surface area contributed by atoms with Gasteiger partial charge in [-0.2, -0.15) is 5.26 Å². The Kier molecular flexibility index (Phi) is 8.50. The van der Waals surface area contributed by atoms with Crippen LogP contribution < -0.4 is 5.32 Å². The van der Waals surface area contributed by atoms with Crippen LogP contribution in [-0.4, -0.2) is 31.5 Å². The Morgan fingerprint density at radius 1 is 1.15 bits per heavy atom. The van der Waals surface area contributed by atoms with Crippen LogP contribution in [0, 0.1) is 18.3 Å². The molecule has 6 nitrogen and oxygen atoms in total. The van der Waals surface area contributed by atoms with Crippen molar-refractivity contribution in [2.75, 3.05) is 17.6 Å². The highest BCUT2D eigenvalue weighted by Crippen LogP contribution is 2.37. The normalized spacial score (nSPS) is 13.4. The fourth-order valence-corrected chi connectivity index (χ4v) is 6.42. The third-order valence-corrected chi connectivity index (χ3v) is 8.59. The maximum atomic E-state index is 12.5. The van der Waals surface area contributed by atoms with Gasteiger partial charge in [0.1, 0.15) is 11.1 Å². The second kappa shape index (κ2) is 11.2. The number of carbonyl (C=O) groups excluding carboxylic acids is 1. The molecule has 2 aromatic carbocycles. The number of hydrogen-bond acceptors (Lipinski definition) is 6. The first-order chi connectivity index (χ1) is 15.9. The van der Waals surface area contributed by atoms with E-state index in [4.69, 9.17) is 0 Å². The van der Waals surface area contributed by atoms with Gasteiger partial charge < -0.3 is 5.32 Å². The topological polar surface area (TPSA) is 90.3 Å². The molecule has 178 valence electrons. The van der Waals surface area contributed by atoms with Crippen molar-refractivity contribution in [1.29, 1.82) is 5.26 Å². The number of fused-ring (bicyclic) bond motifs is 1. The average Bonchev–Trinajstić information content (AvgIpc) is 3.14. The number of aryl methyl sites for hydroxylation is 1. The number of sulfone groups is 1. The fraction of sp³-hybridized carbons (Fsp3) is 0.280. The molecule has 0 saturated heterocycles. The largest absolute Gasteiger partial charge is 0.317 e. The number of nitrogens with one attached hydrogen (secondary N) is 1. The second-order valence-corrected chi connectivity index (χ2v) is 11.4. The molecule has 0 aliphatic carbocycles. The number of nitrogens with zero attached hydrogens (tertiary/aromatic N) is 2. The van der Waals surface area contributed by atoms with Gasteiger partial charge in [0.05, 0.1) is 16.2 Å². The van der Waals surface area contributed by atoms with E-state index in [9.17, 15) is 18.5 Å². The van der Waals surface area contributed by atoms with Crippen LogP contribution in [0.15, 0.2) is 59.5 Å². The minimum absolute atomic E-state index is 0. The average molecular weight is 516 g/mol. The summed E-state index contributed by atoms with van der Waals surface area (Å²) in [5.74, 6) is -0.679. The monoisotopic (exact) mass is 515 g/mol. The van der Waals surface area contributed by atoms with Gasteiger partial charge in [-0.05, 0) is 36.6 Å². The molecule has 3 aromatic rings. The van der Waals surface area contributed by atoms with Gasteiger partial charge in [-0.1, -0.05) is 48.0 Å². The van der Waals surface area contributed by atoms with Crippen molar-refractivity contribution in [2.45, 2.75) is 37.8 Å². The van der Waals surface area contributed by atoms with E-state index in [1.54, 1.807) is 24.3 Å². The van der Waals surface area contributed by atoms with Crippen LogP contribution in [-0.2, 0) is 34.1 Å². The molecule has 1 aliphatic rings. The van der Waals surface area contributed by atoms with Crippen LogP contribution >= 0.6 is 23.7 Å². The van der Waals surface area contributed by atoms with Crippen molar-refractivity contribution in [2.24, 2.45) is 0 Å². The van der Waals surface area contributed by atoms with Gasteiger partial charge in [0, 0.05) is 30.9 Å². The van der Waals surface area contributed by atoms with E-state index in [0.29, 0.717) is 10.6 Å². The molecule has 1 amide bonds. The van der Waals surface area contributed by atoms with Gasteiger partial charge in [0.2, 0.25) is 5.91 Å². The van der Waals surface area contributed by atoms with E-state index in [1.165, 1.54) is 16.9 Å². The molecule has 0 spiro atoms. The summed E-state index contributed by atoms with van der Waals surface area (Å²) in [6.07, 6.45) is 0.586. The summed E-state index contributed by atoms with van der Waals surface area (Å²) in [5, 5.41) is 13.0. The predicted octanol–water partition coefficient (Wildman–Crippen LogP) is 4.71. The summed E-state index contributed by atoms with van der Waals surface area (Å²) in [6.45, 7) is 4.29. The quantitative estimate of drug-likeness (QED) is 0.492. The summed E-state index contributed by atoms with van der Waals surface area (Å²) in [6, 6.07) is 19.1. The number of amides is 1. The Hall–Kier alpha value is -2.70. The Bertz CT molecular complexity index is 1300. The Labute approximate surface area is 210 Å². The van der Waals surface area contributed by atoms with Crippen LogP contribution in [0.1, 0.15) is 33.6 Å². The highest BCUT2D eigenvalue weighted by Gasteiger charge is 2.26. The number of thiophene rings is 1. The van der Waals surface area contributed by atoms with Crippen molar-refractivity contribution in [3.8, 4) is 6.07 Å². The minimum Gasteiger partial charge on any atom is -0.317 e. The molecular formula is C25H26ClN3O3S2. The molecular weight excluding hydrogens is 490 g/mol. The standard InChI is InChI=1S/C25H25N3O3S2.ClH/c1-18-7-9-20(10-8-18)33(30,31)14-12-24(29)27-25-22(15-26)21-11-13-28(17-23(21)32-25)16-19-5-3-2-4-6-19;/h2-10H,11-14,16-17H2,1H3,(H,27,29);1H. The Morgan fingerprint density at radius 3 is 2.53 bits per heavy atom. The van der Waals surface area contributed by atoms with Crippen LogP contribution in [0.3, 0.4) is 0 Å². The number of anilines is 1. The van der Waals surface area contributed by atoms with E-state index in [-0.39, 0.29) is 29.5 Å². The third kappa shape index (κ3) is 6.05. The van der Waals surface area contributed by atoms with Crippen LogP contribution in [0.5, 0.6) is 0 Å². The first kappa shape index (κ1) is 25.9. The van der Waals surface area contributed by atoms with Crippen LogP contribution in [0.25, 0.3) is 0 Å². The van der Waals surface area contributed by atoms with Gasteiger partial charge in [0.25, 0.3) is 0 Å². The molecule has 9 heteroatoms. The van der Waals surface area contributed by atoms with E-state index in [0.717, 1.165) is 42.1 Å². The van der Waals surface area contributed by atoms with Gasteiger partial charge in [-0.25, -0.2) is 8.42 Å². The van der Waals surface area contributed by atoms with E-state index < -0.39 is 15.7 Å². The van der Waals surface area contributed by atoms with E-state index >= 15 is 0 Å². The molecule has 1 aliphatic heterocycles. The van der Waals surface area contributed by atoms with Gasteiger partial charge >= 0.3 is 0 Å². The highest BCUT2D eigenvalue weighted by molar-refractivity contribution is 7.91. The van der Waals surface area contributed by atoms with Crippen molar-refractivity contribution in [1.82, 2.24) is 4.90 Å². The lowest BCUT2D eigenvalue weighted by Crippen LogP contribution is -2.29. The molecule has 0 fully saturated rings. The van der Waals surface area contributed by atoms with Crippen molar-refractivity contribution in [3.05, 3.63) is 81.7 Å². The molecule has 1 aromatic heterocycles. The van der Waals surface area contributed by atoms with E-state index in [2.05, 4.69) is 28.4 Å². The Morgan fingerprint density at radius 2 is 1.85 bits per heavy atom. The molecule has 4 rings (SSSR count). The Balaban J connectivity index is 0.00000324. The number of halogens is 1. The smallest absolute Gasteiger partial charge is 0.226 e. The van der Waals surface area contributed by atoms with E-state index in [1.807, 2.05) is 25.1 Å². The van der Waals surface area contributed by atoms with Crippen molar-refractivity contribution in [3.63, 3.8) is 0 Å². The molecule has 2 heterocycles. The molecule has 1 N–H and O–H groups in total. The zero-order valence-electron chi connectivity index (χ0n) is 18.8. The molecule has 0 saturated carbocycles. The zero-order valence-corrected chi connectivity index (χ0v) is 21.2. The maximum absolute atomic E-state index is 12.5. The third-order valence-electron chi connectivity index (χ3n) is 5.73. The minimum atomic E-state index is -3.55. The van der Waals surface area contributed by atoms with Crippen LogP contribution in [0.4, 0.5) is 5.00 Å². The van der Waals surface area contributed by atoms with Gasteiger partial charge in [-0.3, -0.25) is 9.69 Å². The number of carbonyl (C=O) groups is 1. The lowest BCUT2D eigenvalue weighted by atomic mass is 10.0. The molecule has 0 radical (unpaired) electrons. The molecule has 0 atom stereocenters. The molecule has 0 unspecified atom stereocenters. The first-order valence-corrected chi connectivity index (χ1v) is 13.2. The summed E-state index contributed by atoms with van der Waals surface area (Å²) in [7, 11) is -3.55. The first-order valence-electron chi connectivity index (χ1n) is 10.8. The van der Waals surface area contributed by atoms with Gasteiger partial charge in [-0.15, -0.1) is 23.7 Å². The predicted molar refractivity (Wildman–Crippen MR) is 137 cm³/mol. The van der Waals surface area contributed by atoms with Crippen LogP contribution in [0.2, 0.25) is 0 Å². The summed E-state index contributed by atoms with van der Waals surface area (Å²) < 4.78 is 25.1. The summed E-state index contributed by atoms with van der Waals surface area (Å²) in [4.78, 5) is 16.2. The highest BCUT2D eigenvalue weighted by atomic mass is 35.5. The second-order valence-electron chi connectivity index (χ2n) is 8.20. The molecule has 34 heavy (non-hydrogen) atoms. The lowest BCUT2D eigenvalue weighted by molar-refractivity contribution is -0.115. The van der Waals surface area contributed by atoms with Crippen molar-refractivity contribution >= 4 is 44.5 Å².